The minimum absolute atomic E-state index is 0.130. The van der Waals surface area contributed by atoms with Crippen molar-refractivity contribution < 1.29 is 4.79 Å². The average molecular weight is 488 g/mol. The van der Waals surface area contributed by atoms with Crippen LogP contribution >= 0.6 is 11.8 Å². The third-order valence-corrected chi connectivity index (χ3v) is 7.25. The van der Waals surface area contributed by atoms with Crippen molar-refractivity contribution in [3.63, 3.8) is 0 Å². The van der Waals surface area contributed by atoms with Crippen LogP contribution in [0.4, 0.5) is 5.69 Å². The molecule has 0 aliphatic heterocycles. The Kier molecular flexibility index (Phi) is 5.68. The van der Waals surface area contributed by atoms with E-state index in [2.05, 4.69) is 20.6 Å². The molecular formula is C25H25N7O2S. The molecule has 3 aromatic heterocycles. The van der Waals surface area contributed by atoms with Crippen LogP contribution in [0, 0.1) is 27.7 Å². The van der Waals surface area contributed by atoms with E-state index in [0.29, 0.717) is 21.8 Å². The van der Waals surface area contributed by atoms with Gasteiger partial charge in [-0.3, -0.25) is 18.7 Å². The Hall–Kier alpha value is -3.92. The number of nitrogens with one attached hydrogen (secondary N) is 1. The first kappa shape index (κ1) is 22.9. The molecule has 35 heavy (non-hydrogen) atoms. The largest absolute Gasteiger partial charge is 0.322 e. The third-order valence-electron chi connectivity index (χ3n) is 6.32. The predicted octanol–water partition coefficient (Wildman–Crippen LogP) is 3.73. The number of aryl methyl sites for hydroxylation is 3. The van der Waals surface area contributed by atoms with E-state index >= 15 is 0 Å². The van der Waals surface area contributed by atoms with Crippen molar-refractivity contribution in [1.29, 1.82) is 0 Å². The highest BCUT2D eigenvalue weighted by Crippen LogP contribution is 2.25. The lowest BCUT2D eigenvalue weighted by atomic mass is 10.1. The number of thioether (sulfide) groups is 1. The van der Waals surface area contributed by atoms with Gasteiger partial charge in [-0.25, -0.2) is 4.57 Å². The Morgan fingerprint density at radius 1 is 1.03 bits per heavy atom. The molecule has 3 heterocycles. The van der Waals surface area contributed by atoms with Crippen LogP contribution in [0.2, 0.25) is 0 Å². The molecule has 0 radical (unpaired) electrons. The summed E-state index contributed by atoms with van der Waals surface area (Å²) in [5.41, 5.74) is 5.73. The van der Waals surface area contributed by atoms with Crippen LogP contribution < -0.4 is 10.9 Å². The second-order valence-corrected chi connectivity index (χ2v) is 9.44. The lowest BCUT2D eigenvalue weighted by Gasteiger charge is -2.14. The van der Waals surface area contributed by atoms with Gasteiger partial charge in [-0.1, -0.05) is 36.0 Å². The van der Waals surface area contributed by atoms with Gasteiger partial charge in [0.25, 0.3) is 5.56 Å². The number of fused-ring (bicyclic) bond motifs is 3. The molecule has 1 amide bonds. The van der Waals surface area contributed by atoms with Gasteiger partial charge in [0.2, 0.25) is 11.7 Å². The zero-order valence-electron chi connectivity index (χ0n) is 20.2. The first-order valence-corrected chi connectivity index (χ1v) is 12.1. The van der Waals surface area contributed by atoms with Crippen LogP contribution in [-0.4, -0.2) is 40.6 Å². The van der Waals surface area contributed by atoms with E-state index < -0.39 is 0 Å². The average Bonchev–Trinajstić information content (AvgIpc) is 3.36. The van der Waals surface area contributed by atoms with E-state index in [4.69, 9.17) is 0 Å². The molecule has 2 aromatic carbocycles. The van der Waals surface area contributed by atoms with E-state index in [1.54, 1.807) is 15.3 Å². The third kappa shape index (κ3) is 3.79. The molecule has 0 bridgehead atoms. The van der Waals surface area contributed by atoms with Crippen molar-refractivity contribution >= 4 is 40.0 Å². The maximum atomic E-state index is 13.6. The van der Waals surface area contributed by atoms with Gasteiger partial charge < -0.3 is 5.32 Å². The van der Waals surface area contributed by atoms with E-state index in [1.807, 2.05) is 75.5 Å². The molecule has 0 unspecified atom stereocenters. The molecule has 5 aromatic rings. The van der Waals surface area contributed by atoms with Crippen molar-refractivity contribution in [2.75, 3.05) is 11.1 Å². The molecule has 0 saturated carbocycles. The zero-order chi connectivity index (χ0) is 24.9. The number of amides is 1. The quantitative estimate of drug-likeness (QED) is 0.379. The highest BCUT2D eigenvalue weighted by atomic mass is 32.2. The van der Waals surface area contributed by atoms with E-state index in [9.17, 15) is 9.59 Å². The molecule has 5 rings (SSSR count). The fraction of sp³-hybridized carbons (Fsp3) is 0.240. The summed E-state index contributed by atoms with van der Waals surface area (Å²) < 4.78 is 5.18. The van der Waals surface area contributed by atoms with Crippen molar-refractivity contribution in [1.82, 2.24) is 28.9 Å². The minimum Gasteiger partial charge on any atom is -0.322 e. The standard InChI is InChI=1S/C25H25N7O2S/c1-14-9-8-12-19(15(14)2)31-23(34)18-10-6-7-11-20(18)32-24(31)27-28-25(32)35-13-21(33)26-22-16(3)29-30(5)17(22)4/h6-12H,13H2,1-5H3,(H,26,33). The lowest BCUT2D eigenvalue weighted by molar-refractivity contribution is -0.113. The maximum Gasteiger partial charge on any atom is 0.267 e. The number of hydrogen-bond donors (Lipinski definition) is 1. The SMILES string of the molecule is Cc1cccc(-n2c(=O)c3ccccc3n3c(SCC(=O)Nc4c(C)nn(C)c4C)nnc23)c1C. The zero-order valence-corrected chi connectivity index (χ0v) is 21.0. The van der Waals surface area contributed by atoms with Gasteiger partial charge >= 0.3 is 0 Å². The van der Waals surface area contributed by atoms with Crippen molar-refractivity contribution in [2.24, 2.45) is 7.05 Å². The van der Waals surface area contributed by atoms with E-state index in [-0.39, 0.29) is 17.2 Å². The minimum atomic E-state index is -0.168. The first-order valence-electron chi connectivity index (χ1n) is 11.2. The number of nitrogens with zero attached hydrogens (tertiary/aromatic N) is 6. The number of rotatable bonds is 5. The maximum absolute atomic E-state index is 13.6. The second kappa shape index (κ2) is 8.70. The summed E-state index contributed by atoms with van der Waals surface area (Å²) >= 11 is 1.27. The molecule has 9 nitrogen and oxygen atoms in total. The van der Waals surface area contributed by atoms with Gasteiger partial charge in [0.15, 0.2) is 5.16 Å². The molecule has 0 fully saturated rings. The monoisotopic (exact) mass is 487 g/mol. The lowest BCUT2D eigenvalue weighted by Crippen LogP contribution is -2.23. The molecule has 0 aliphatic carbocycles. The normalized spacial score (nSPS) is 11.5. The Morgan fingerprint density at radius 2 is 1.80 bits per heavy atom. The van der Waals surface area contributed by atoms with Gasteiger partial charge in [0, 0.05) is 7.05 Å². The van der Waals surface area contributed by atoms with Gasteiger partial charge in [0.1, 0.15) is 0 Å². The highest BCUT2D eigenvalue weighted by Gasteiger charge is 2.20. The Bertz CT molecular complexity index is 1680. The summed E-state index contributed by atoms with van der Waals surface area (Å²) in [4.78, 5) is 26.3. The molecule has 0 spiro atoms. The van der Waals surface area contributed by atoms with Crippen LogP contribution in [-0.2, 0) is 11.8 Å². The number of aromatic nitrogens is 6. The van der Waals surface area contributed by atoms with Crippen LogP contribution in [0.15, 0.2) is 52.4 Å². The number of benzene rings is 2. The smallest absolute Gasteiger partial charge is 0.267 e. The van der Waals surface area contributed by atoms with Gasteiger partial charge in [-0.15, -0.1) is 10.2 Å². The van der Waals surface area contributed by atoms with Gasteiger partial charge in [-0.05, 0) is 57.0 Å². The van der Waals surface area contributed by atoms with Gasteiger partial charge in [0.05, 0.1) is 39.4 Å². The summed E-state index contributed by atoms with van der Waals surface area (Å²) in [6.45, 7) is 7.77. The van der Waals surface area contributed by atoms with Crippen molar-refractivity contribution in [3.05, 3.63) is 75.3 Å². The fourth-order valence-corrected chi connectivity index (χ4v) is 4.97. The Balaban J connectivity index is 1.58. The summed E-state index contributed by atoms with van der Waals surface area (Å²) in [7, 11) is 1.84. The van der Waals surface area contributed by atoms with Crippen molar-refractivity contribution in [2.45, 2.75) is 32.9 Å². The van der Waals surface area contributed by atoms with E-state index in [1.165, 1.54) is 11.8 Å². The van der Waals surface area contributed by atoms with Crippen LogP contribution in [0.25, 0.3) is 22.4 Å². The first-order chi connectivity index (χ1) is 16.8. The Labute approximate surface area is 205 Å². The van der Waals surface area contributed by atoms with Crippen LogP contribution in [0.1, 0.15) is 22.5 Å². The molecule has 0 aliphatic rings. The summed E-state index contributed by atoms with van der Waals surface area (Å²) in [5.74, 6) is 0.369. The fourth-order valence-electron chi connectivity index (χ4n) is 4.23. The molecule has 0 saturated heterocycles. The van der Waals surface area contributed by atoms with E-state index in [0.717, 1.165) is 33.9 Å². The molecular weight excluding hydrogens is 462 g/mol. The van der Waals surface area contributed by atoms with Crippen LogP contribution in [0.3, 0.4) is 0 Å². The number of hydrogen-bond acceptors (Lipinski definition) is 6. The predicted molar refractivity (Wildman–Crippen MR) is 138 cm³/mol. The highest BCUT2D eigenvalue weighted by molar-refractivity contribution is 7.99. The molecule has 178 valence electrons. The number of carbonyl (C=O) groups excluding carboxylic acids is 1. The second-order valence-electron chi connectivity index (χ2n) is 8.50. The number of anilines is 1. The molecule has 0 atom stereocenters. The molecule has 10 heteroatoms. The van der Waals surface area contributed by atoms with Gasteiger partial charge in [-0.2, -0.15) is 5.10 Å². The topological polar surface area (TPSA) is 99.1 Å². The summed E-state index contributed by atoms with van der Waals surface area (Å²) in [6.07, 6.45) is 0. The Morgan fingerprint density at radius 3 is 2.54 bits per heavy atom. The van der Waals surface area contributed by atoms with Crippen LogP contribution in [0.5, 0.6) is 0 Å². The number of carbonyl (C=O) groups is 1. The number of para-hydroxylation sites is 1. The molecule has 1 N–H and O–H groups in total. The summed E-state index contributed by atoms with van der Waals surface area (Å²) in [5, 5.41) is 17.1. The summed E-state index contributed by atoms with van der Waals surface area (Å²) in [6, 6.07) is 13.2. The van der Waals surface area contributed by atoms with Crippen molar-refractivity contribution in [3.8, 4) is 5.69 Å².